The van der Waals surface area contributed by atoms with Gasteiger partial charge in [-0.25, -0.2) is 4.99 Å². The number of para-hydroxylation sites is 1. The highest BCUT2D eigenvalue weighted by molar-refractivity contribution is 5.83. The second kappa shape index (κ2) is 8.49. The third kappa shape index (κ3) is 4.33. The number of rotatable bonds is 5. The Balaban J connectivity index is 1.73. The third-order valence-corrected chi connectivity index (χ3v) is 5.18. The Hall–Kier alpha value is -2.14. The van der Waals surface area contributed by atoms with E-state index in [-0.39, 0.29) is 0 Å². The molecule has 0 amide bonds. The molecule has 0 radical (unpaired) electrons. The number of aromatic nitrogens is 1. The number of pyridine rings is 1. The SMILES string of the molecule is CCNC(=NCc1ccnc2ccccc12)NC1CN(C(C)C)CC1C. The number of nitrogens with zero attached hydrogens (tertiary/aromatic N) is 3. The van der Waals surface area contributed by atoms with Gasteiger partial charge in [0.05, 0.1) is 12.1 Å². The lowest BCUT2D eigenvalue weighted by Crippen LogP contribution is -2.46. The second-order valence-electron chi connectivity index (χ2n) is 7.46. The molecule has 0 spiro atoms. The molecule has 1 aromatic carbocycles. The average Bonchev–Trinajstić information content (AvgIpc) is 3.01. The minimum atomic E-state index is 0.435. The van der Waals surface area contributed by atoms with Crippen molar-refractivity contribution >= 4 is 16.9 Å². The Labute approximate surface area is 156 Å². The van der Waals surface area contributed by atoms with E-state index in [2.05, 4.69) is 66.4 Å². The molecular weight excluding hydrogens is 322 g/mol. The van der Waals surface area contributed by atoms with Gasteiger partial charge in [0.1, 0.15) is 0 Å². The van der Waals surface area contributed by atoms with E-state index in [4.69, 9.17) is 4.99 Å². The fourth-order valence-electron chi connectivity index (χ4n) is 3.57. The first-order chi connectivity index (χ1) is 12.6. The highest BCUT2D eigenvalue weighted by Gasteiger charge is 2.31. The first kappa shape index (κ1) is 18.6. The Morgan fingerprint density at radius 2 is 2.08 bits per heavy atom. The topological polar surface area (TPSA) is 52.6 Å². The Kier molecular flexibility index (Phi) is 6.09. The minimum absolute atomic E-state index is 0.435. The molecule has 2 unspecified atom stereocenters. The number of fused-ring (bicyclic) bond motifs is 1. The maximum Gasteiger partial charge on any atom is 0.191 e. The first-order valence-electron chi connectivity index (χ1n) is 9.70. The Morgan fingerprint density at radius 3 is 2.81 bits per heavy atom. The van der Waals surface area contributed by atoms with E-state index in [9.17, 15) is 0 Å². The van der Waals surface area contributed by atoms with E-state index in [1.807, 2.05) is 18.3 Å². The maximum atomic E-state index is 4.85. The van der Waals surface area contributed by atoms with Gasteiger partial charge in [-0.15, -0.1) is 0 Å². The molecule has 1 aliphatic rings. The molecule has 1 aromatic heterocycles. The van der Waals surface area contributed by atoms with E-state index in [0.29, 0.717) is 24.5 Å². The summed E-state index contributed by atoms with van der Waals surface area (Å²) in [5.41, 5.74) is 2.23. The van der Waals surface area contributed by atoms with Crippen molar-refractivity contribution in [2.24, 2.45) is 10.9 Å². The summed E-state index contributed by atoms with van der Waals surface area (Å²) in [6.07, 6.45) is 1.87. The van der Waals surface area contributed by atoms with E-state index in [0.717, 1.165) is 31.1 Å². The number of guanidine groups is 1. The molecule has 140 valence electrons. The van der Waals surface area contributed by atoms with Gasteiger partial charge in [-0.3, -0.25) is 9.88 Å². The number of hydrogen-bond acceptors (Lipinski definition) is 3. The van der Waals surface area contributed by atoms with Crippen molar-refractivity contribution in [1.29, 1.82) is 0 Å². The smallest absolute Gasteiger partial charge is 0.191 e. The minimum Gasteiger partial charge on any atom is -0.357 e. The predicted octanol–water partition coefficient (Wildman–Crippen LogP) is 3.02. The van der Waals surface area contributed by atoms with Crippen LogP contribution in [0.15, 0.2) is 41.5 Å². The van der Waals surface area contributed by atoms with Crippen LogP contribution in [0.1, 0.15) is 33.3 Å². The van der Waals surface area contributed by atoms with E-state index in [1.54, 1.807) is 0 Å². The molecule has 5 nitrogen and oxygen atoms in total. The van der Waals surface area contributed by atoms with Crippen molar-refractivity contribution < 1.29 is 0 Å². The lowest BCUT2D eigenvalue weighted by atomic mass is 10.1. The van der Waals surface area contributed by atoms with Crippen LogP contribution in [0.5, 0.6) is 0 Å². The van der Waals surface area contributed by atoms with Gasteiger partial charge in [0.15, 0.2) is 5.96 Å². The summed E-state index contributed by atoms with van der Waals surface area (Å²) in [4.78, 5) is 11.8. The number of hydrogen-bond donors (Lipinski definition) is 2. The van der Waals surface area contributed by atoms with Crippen molar-refractivity contribution in [3.8, 4) is 0 Å². The fraction of sp³-hybridized carbons (Fsp3) is 0.524. The number of nitrogens with one attached hydrogen (secondary N) is 2. The van der Waals surface area contributed by atoms with Crippen LogP contribution in [-0.2, 0) is 6.54 Å². The lowest BCUT2D eigenvalue weighted by molar-refractivity contribution is 0.265. The third-order valence-electron chi connectivity index (χ3n) is 5.18. The average molecular weight is 354 g/mol. The molecular formula is C21H31N5. The van der Waals surface area contributed by atoms with Crippen LogP contribution in [0.3, 0.4) is 0 Å². The second-order valence-corrected chi connectivity index (χ2v) is 7.46. The zero-order chi connectivity index (χ0) is 18.5. The summed E-state index contributed by atoms with van der Waals surface area (Å²) in [5, 5.41) is 8.22. The standard InChI is InChI=1S/C21H31N5/c1-5-22-21(25-20-14-26(15(2)3)13-16(20)4)24-12-17-10-11-23-19-9-7-6-8-18(17)19/h6-11,15-16,20H,5,12-14H2,1-4H3,(H2,22,24,25). The summed E-state index contributed by atoms with van der Waals surface area (Å²) < 4.78 is 0. The zero-order valence-electron chi connectivity index (χ0n) is 16.4. The summed E-state index contributed by atoms with van der Waals surface area (Å²) in [6, 6.07) is 11.3. The highest BCUT2D eigenvalue weighted by Crippen LogP contribution is 2.19. The van der Waals surface area contributed by atoms with Gasteiger partial charge in [0, 0.05) is 43.3 Å². The highest BCUT2D eigenvalue weighted by atomic mass is 15.3. The van der Waals surface area contributed by atoms with Gasteiger partial charge in [-0.1, -0.05) is 25.1 Å². The lowest BCUT2D eigenvalue weighted by Gasteiger charge is -2.22. The largest absolute Gasteiger partial charge is 0.357 e. The summed E-state index contributed by atoms with van der Waals surface area (Å²) >= 11 is 0. The molecule has 2 aromatic rings. The van der Waals surface area contributed by atoms with Gasteiger partial charge < -0.3 is 10.6 Å². The molecule has 26 heavy (non-hydrogen) atoms. The summed E-state index contributed by atoms with van der Waals surface area (Å²) in [5.74, 6) is 1.51. The van der Waals surface area contributed by atoms with Crippen LogP contribution in [0.25, 0.3) is 10.9 Å². The van der Waals surface area contributed by atoms with Gasteiger partial charge in [-0.05, 0) is 44.4 Å². The van der Waals surface area contributed by atoms with Crippen LogP contribution in [-0.4, -0.2) is 47.6 Å². The number of benzene rings is 1. The van der Waals surface area contributed by atoms with Gasteiger partial charge in [0.25, 0.3) is 0 Å². The molecule has 3 rings (SSSR count). The number of likely N-dealkylation sites (tertiary alicyclic amines) is 1. The molecule has 2 N–H and O–H groups in total. The van der Waals surface area contributed by atoms with Crippen LogP contribution in [0.4, 0.5) is 0 Å². The Morgan fingerprint density at radius 1 is 1.27 bits per heavy atom. The molecule has 1 aliphatic heterocycles. The summed E-state index contributed by atoms with van der Waals surface area (Å²) in [7, 11) is 0. The number of aliphatic imine (C=N–C) groups is 1. The zero-order valence-corrected chi connectivity index (χ0v) is 16.4. The molecule has 0 saturated carbocycles. The normalized spacial score (nSPS) is 21.5. The van der Waals surface area contributed by atoms with E-state index in [1.165, 1.54) is 10.9 Å². The van der Waals surface area contributed by atoms with Crippen LogP contribution < -0.4 is 10.6 Å². The van der Waals surface area contributed by atoms with Crippen molar-refractivity contribution in [2.75, 3.05) is 19.6 Å². The van der Waals surface area contributed by atoms with Gasteiger partial charge in [-0.2, -0.15) is 0 Å². The summed E-state index contributed by atoms with van der Waals surface area (Å²) in [6.45, 7) is 12.7. The van der Waals surface area contributed by atoms with E-state index < -0.39 is 0 Å². The van der Waals surface area contributed by atoms with Crippen molar-refractivity contribution in [1.82, 2.24) is 20.5 Å². The van der Waals surface area contributed by atoms with Gasteiger partial charge >= 0.3 is 0 Å². The molecule has 0 bridgehead atoms. The van der Waals surface area contributed by atoms with Crippen molar-refractivity contribution in [3.05, 3.63) is 42.1 Å². The van der Waals surface area contributed by atoms with Crippen LogP contribution >= 0.6 is 0 Å². The fourth-order valence-corrected chi connectivity index (χ4v) is 3.57. The molecule has 5 heteroatoms. The molecule has 1 saturated heterocycles. The molecule has 2 heterocycles. The molecule has 1 fully saturated rings. The van der Waals surface area contributed by atoms with E-state index >= 15 is 0 Å². The van der Waals surface area contributed by atoms with Gasteiger partial charge in [0.2, 0.25) is 0 Å². The van der Waals surface area contributed by atoms with Crippen molar-refractivity contribution in [2.45, 2.75) is 46.3 Å². The first-order valence-corrected chi connectivity index (χ1v) is 9.70. The monoisotopic (exact) mass is 353 g/mol. The molecule has 0 aliphatic carbocycles. The maximum absolute atomic E-state index is 4.85. The Bertz CT molecular complexity index is 750. The quantitative estimate of drug-likeness (QED) is 0.641. The molecule has 2 atom stereocenters. The van der Waals surface area contributed by atoms with Crippen molar-refractivity contribution in [3.63, 3.8) is 0 Å². The van der Waals surface area contributed by atoms with Crippen LogP contribution in [0, 0.1) is 5.92 Å². The predicted molar refractivity (Wildman–Crippen MR) is 109 cm³/mol. The van der Waals surface area contributed by atoms with Crippen LogP contribution in [0.2, 0.25) is 0 Å².